The minimum atomic E-state index is -0.815. The fourth-order valence-electron chi connectivity index (χ4n) is 3.26. The molecule has 1 aromatic rings. The number of nitrogens with zero attached hydrogens (tertiary/aromatic N) is 2. The molecule has 2 aliphatic heterocycles. The quantitative estimate of drug-likeness (QED) is 0.856. The van der Waals surface area contributed by atoms with Gasteiger partial charge in [0.15, 0.2) is 0 Å². The van der Waals surface area contributed by atoms with Crippen LogP contribution in [0.25, 0.3) is 0 Å². The van der Waals surface area contributed by atoms with Gasteiger partial charge in [0.1, 0.15) is 6.04 Å². The monoisotopic (exact) mass is 365 g/mol. The van der Waals surface area contributed by atoms with Crippen LogP contribution in [0.15, 0.2) is 24.3 Å². The van der Waals surface area contributed by atoms with E-state index < -0.39 is 17.9 Å². The second-order valence-electron chi connectivity index (χ2n) is 6.36. The van der Waals surface area contributed by atoms with E-state index in [1.807, 2.05) is 0 Å². The Morgan fingerprint density at radius 1 is 1.08 bits per heavy atom. The highest BCUT2D eigenvalue weighted by Gasteiger charge is 2.35. The van der Waals surface area contributed by atoms with Crippen molar-refractivity contribution in [3.63, 3.8) is 0 Å². The first-order valence-corrected chi connectivity index (χ1v) is 8.68. The predicted octanol–water partition coefficient (Wildman–Crippen LogP) is 1.95. The number of hydrogen-bond donors (Lipinski definition) is 2. The highest BCUT2D eigenvalue weighted by atomic mass is 35.5. The highest BCUT2D eigenvalue weighted by Crippen LogP contribution is 2.24. The first-order chi connectivity index (χ1) is 12.0. The minimum Gasteiger partial charge on any atom is -0.481 e. The van der Waals surface area contributed by atoms with E-state index in [-0.39, 0.29) is 11.9 Å². The lowest BCUT2D eigenvalue weighted by atomic mass is 9.97. The summed E-state index contributed by atoms with van der Waals surface area (Å²) in [7, 11) is 0. The summed E-state index contributed by atoms with van der Waals surface area (Å²) in [5.74, 6) is -1.35. The van der Waals surface area contributed by atoms with Gasteiger partial charge < -0.3 is 20.2 Å². The molecule has 0 bridgehead atoms. The fraction of sp³-hybridized carbons (Fsp3) is 0.471. The van der Waals surface area contributed by atoms with Crippen LogP contribution in [0, 0.1) is 5.92 Å². The second kappa shape index (κ2) is 7.31. The predicted molar refractivity (Wildman–Crippen MR) is 92.7 cm³/mol. The first kappa shape index (κ1) is 17.5. The maximum Gasteiger partial charge on any atom is 0.318 e. The number of halogens is 1. The summed E-state index contributed by atoms with van der Waals surface area (Å²) in [6.45, 7) is 1.32. The lowest BCUT2D eigenvalue weighted by Crippen LogP contribution is -2.50. The SMILES string of the molecule is O=C(O)C1CCN(C(=O)NC2CCN(c3ccc(Cl)cc3)C2=O)CC1. The van der Waals surface area contributed by atoms with Crippen LogP contribution in [-0.4, -0.2) is 53.6 Å². The third-order valence-corrected chi connectivity index (χ3v) is 5.02. The van der Waals surface area contributed by atoms with Gasteiger partial charge in [-0.05, 0) is 43.5 Å². The summed E-state index contributed by atoms with van der Waals surface area (Å²) in [6, 6.07) is 6.15. The van der Waals surface area contributed by atoms with Crippen molar-refractivity contribution in [2.45, 2.75) is 25.3 Å². The van der Waals surface area contributed by atoms with E-state index in [1.165, 1.54) is 0 Å². The highest BCUT2D eigenvalue weighted by molar-refractivity contribution is 6.30. The number of piperidine rings is 1. The molecule has 2 fully saturated rings. The average molecular weight is 366 g/mol. The van der Waals surface area contributed by atoms with Gasteiger partial charge in [-0.25, -0.2) is 4.79 Å². The molecule has 0 aromatic heterocycles. The first-order valence-electron chi connectivity index (χ1n) is 8.31. The number of amides is 3. The molecule has 25 heavy (non-hydrogen) atoms. The summed E-state index contributed by atoms with van der Waals surface area (Å²) < 4.78 is 0. The van der Waals surface area contributed by atoms with Gasteiger partial charge in [-0.1, -0.05) is 11.6 Å². The van der Waals surface area contributed by atoms with Crippen LogP contribution in [0.2, 0.25) is 5.02 Å². The van der Waals surface area contributed by atoms with Crippen molar-refractivity contribution in [2.75, 3.05) is 24.5 Å². The van der Waals surface area contributed by atoms with Crippen molar-refractivity contribution in [1.82, 2.24) is 10.2 Å². The van der Waals surface area contributed by atoms with Gasteiger partial charge in [0.2, 0.25) is 5.91 Å². The molecule has 0 spiro atoms. The van der Waals surface area contributed by atoms with Crippen LogP contribution in [0.5, 0.6) is 0 Å². The summed E-state index contributed by atoms with van der Waals surface area (Å²) in [4.78, 5) is 39.1. The summed E-state index contributed by atoms with van der Waals surface area (Å²) in [5.41, 5.74) is 0.758. The zero-order chi connectivity index (χ0) is 18.0. The van der Waals surface area contributed by atoms with Gasteiger partial charge in [-0.3, -0.25) is 9.59 Å². The molecular weight excluding hydrogens is 346 g/mol. The molecule has 7 nitrogen and oxygen atoms in total. The molecule has 1 atom stereocenters. The number of anilines is 1. The lowest BCUT2D eigenvalue weighted by Gasteiger charge is -2.31. The molecule has 0 saturated carbocycles. The van der Waals surface area contributed by atoms with Crippen molar-refractivity contribution in [2.24, 2.45) is 5.92 Å². The van der Waals surface area contributed by atoms with Crippen molar-refractivity contribution in [3.05, 3.63) is 29.3 Å². The smallest absolute Gasteiger partial charge is 0.318 e. The van der Waals surface area contributed by atoms with Gasteiger partial charge in [-0.15, -0.1) is 0 Å². The van der Waals surface area contributed by atoms with Crippen molar-refractivity contribution >= 4 is 35.2 Å². The molecule has 8 heteroatoms. The molecule has 1 aromatic carbocycles. The van der Waals surface area contributed by atoms with Crippen molar-refractivity contribution < 1.29 is 19.5 Å². The number of urea groups is 1. The van der Waals surface area contributed by atoms with Gasteiger partial charge in [0.25, 0.3) is 0 Å². The fourth-order valence-corrected chi connectivity index (χ4v) is 3.39. The van der Waals surface area contributed by atoms with E-state index >= 15 is 0 Å². The number of hydrogen-bond acceptors (Lipinski definition) is 3. The number of carbonyl (C=O) groups is 3. The Morgan fingerprint density at radius 3 is 2.32 bits per heavy atom. The second-order valence-corrected chi connectivity index (χ2v) is 6.79. The molecular formula is C17H20ClN3O4. The van der Waals surface area contributed by atoms with Crippen LogP contribution in [0.3, 0.4) is 0 Å². The topological polar surface area (TPSA) is 89.9 Å². The van der Waals surface area contributed by atoms with E-state index in [2.05, 4.69) is 5.32 Å². The summed E-state index contributed by atoms with van der Waals surface area (Å²) >= 11 is 5.87. The number of carboxylic acid groups (broad SMARTS) is 1. The number of aliphatic carboxylic acids is 1. The summed E-state index contributed by atoms with van der Waals surface area (Å²) in [6.07, 6.45) is 1.43. The molecule has 2 saturated heterocycles. The molecule has 2 aliphatic rings. The van der Waals surface area contributed by atoms with Gasteiger partial charge in [0.05, 0.1) is 5.92 Å². The molecule has 3 amide bonds. The number of benzene rings is 1. The zero-order valence-electron chi connectivity index (χ0n) is 13.7. The molecule has 134 valence electrons. The largest absolute Gasteiger partial charge is 0.481 e. The number of nitrogens with one attached hydrogen (secondary N) is 1. The Hall–Kier alpha value is -2.28. The van der Waals surface area contributed by atoms with Crippen LogP contribution in [-0.2, 0) is 9.59 Å². The average Bonchev–Trinajstić information content (AvgIpc) is 2.96. The lowest BCUT2D eigenvalue weighted by molar-refractivity contribution is -0.143. The van der Waals surface area contributed by atoms with E-state index in [0.29, 0.717) is 43.9 Å². The number of carboxylic acids is 1. The van der Waals surface area contributed by atoms with E-state index in [1.54, 1.807) is 34.1 Å². The van der Waals surface area contributed by atoms with Crippen molar-refractivity contribution in [1.29, 1.82) is 0 Å². The summed E-state index contributed by atoms with van der Waals surface area (Å²) in [5, 5.41) is 12.4. The number of carbonyl (C=O) groups excluding carboxylic acids is 2. The van der Waals surface area contributed by atoms with E-state index in [9.17, 15) is 14.4 Å². The van der Waals surface area contributed by atoms with Crippen LogP contribution in [0.1, 0.15) is 19.3 Å². The van der Waals surface area contributed by atoms with Crippen LogP contribution < -0.4 is 10.2 Å². The Morgan fingerprint density at radius 2 is 1.72 bits per heavy atom. The van der Waals surface area contributed by atoms with Gasteiger partial charge in [0, 0.05) is 30.3 Å². The third-order valence-electron chi connectivity index (χ3n) is 4.77. The van der Waals surface area contributed by atoms with Gasteiger partial charge >= 0.3 is 12.0 Å². The van der Waals surface area contributed by atoms with Gasteiger partial charge in [-0.2, -0.15) is 0 Å². The number of likely N-dealkylation sites (tertiary alicyclic amines) is 1. The minimum absolute atomic E-state index is 0.143. The normalized spacial score (nSPS) is 21.5. The zero-order valence-corrected chi connectivity index (χ0v) is 14.4. The molecule has 2 heterocycles. The maximum absolute atomic E-state index is 12.5. The Kier molecular flexibility index (Phi) is 5.13. The Balaban J connectivity index is 1.55. The number of rotatable bonds is 3. The van der Waals surface area contributed by atoms with Crippen LogP contribution >= 0.6 is 11.6 Å². The Bertz CT molecular complexity index is 671. The molecule has 3 rings (SSSR count). The van der Waals surface area contributed by atoms with Crippen LogP contribution in [0.4, 0.5) is 10.5 Å². The van der Waals surface area contributed by atoms with E-state index in [4.69, 9.17) is 16.7 Å². The standard InChI is InChI=1S/C17H20ClN3O4/c18-12-1-3-13(4-2-12)21-10-7-14(15(21)22)19-17(25)20-8-5-11(6-9-20)16(23)24/h1-4,11,14H,5-10H2,(H,19,25)(H,23,24). The van der Waals surface area contributed by atoms with Crippen molar-refractivity contribution in [3.8, 4) is 0 Å². The molecule has 1 unspecified atom stereocenters. The molecule has 0 radical (unpaired) electrons. The molecule has 0 aliphatic carbocycles. The van der Waals surface area contributed by atoms with E-state index in [0.717, 1.165) is 5.69 Å². The maximum atomic E-state index is 12.5. The third kappa shape index (κ3) is 3.87. The molecule has 2 N–H and O–H groups in total. The Labute approximate surface area is 150 Å².